The van der Waals surface area contributed by atoms with Crippen molar-refractivity contribution in [2.75, 3.05) is 19.0 Å². The van der Waals surface area contributed by atoms with Gasteiger partial charge in [-0.2, -0.15) is 0 Å². The number of rotatable bonds is 5. The number of pyridine rings is 1. The average molecular weight is 195 g/mol. The van der Waals surface area contributed by atoms with Crippen LogP contribution in [0.1, 0.15) is 12.6 Å². The fourth-order valence-corrected chi connectivity index (χ4v) is 1.04. The molecule has 0 aliphatic rings. The topological polar surface area (TPSA) is 60.2 Å². The molecule has 0 aromatic carbocycles. The molecule has 0 saturated heterocycles. The van der Waals surface area contributed by atoms with Gasteiger partial charge in [0.2, 0.25) is 0 Å². The molecule has 78 valence electrons. The molecule has 0 spiro atoms. The summed E-state index contributed by atoms with van der Waals surface area (Å²) in [5, 5.41) is 3.25. The molecule has 3 N–H and O–H groups in total. The van der Waals surface area contributed by atoms with Gasteiger partial charge in [0.05, 0.1) is 11.8 Å². The molecule has 0 fully saturated rings. The van der Waals surface area contributed by atoms with Gasteiger partial charge in [-0.1, -0.05) is 0 Å². The second-order valence-corrected chi connectivity index (χ2v) is 3.17. The van der Waals surface area contributed by atoms with Crippen molar-refractivity contribution in [3.05, 3.63) is 24.0 Å². The Balaban J connectivity index is 2.50. The number of anilines is 1. The Morgan fingerprint density at radius 1 is 1.64 bits per heavy atom. The van der Waals surface area contributed by atoms with Gasteiger partial charge < -0.3 is 15.8 Å². The van der Waals surface area contributed by atoms with E-state index in [2.05, 4.69) is 10.3 Å². The van der Waals surface area contributed by atoms with Gasteiger partial charge in [0, 0.05) is 32.1 Å². The number of hydrogen-bond acceptors (Lipinski definition) is 4. The number of aromatic nitrogens is 1. The van der Waals surface area contributed by atoms with Crippen LogP contribution in [0.4, 0.5) is 5.69 Å². The Morgan fingerprint density at radius 3 is 3.07 bits per heavy atom. The van der Waals surface area contributed by atoms with E-state index in [-0.39, 0.29) is 6.10 Å². The standard InChI is InChI=1S/C10H17N3O/c1-8(14-2)7-13-9-3-4-12-10(5-9)6-11/h3-5,8H,6-7,11H2,1-2H3,(H,12,13). The molecule has 0 aliphatic carbocycles. The first kappa shape index (κ1) is 10.9. The zero-order valence-corrected chi connectivity index (χ0v) is 8.66. The second-order valence-electron chi connectivity index (χ2n) is 3.17. The van der Waals surface area contributed by atoms with E-state index in [1.165, 1.54) is 0 Å². The summed E-state index contributed by atoms with van der Waals surface area (Å²) >= 11 is 0. The third-order valence-electron chi connectivity index (χ3n) is 2.02. The van der Waals surface area contributed by atoms with Crippen LogP contribution in [0.3, 0.4) is 0 Å². The highest BCUT2D eigenvalue weighted by molar-refractivity contribution is 5.43. The first-order chi connectivity index (χ1) is 6.76. The molecule has 0 radical (unpaired) electrons. The molecule has 14 heavy (non-hydrogen) atoms. The van der Waals surface area contributed by atoms with Crippen molar-refractivity contribution in [1.82, 2.24) is 4.98 Å². The summed E-state index contributed by atoms with van der Waals surface area (Å²) < 4.78 is 5.13. The van der Waals surface area contributed by atoms with Crippen molar-refractivity contribution in [3.63, 3.8) is 0 Å². The van der Waals surface area contributed by atoms with E-state index in [9.17, 15) is 0 Å². The Bertz CT molecular complexity index is 278. The summed E-state index contributed by atoms with van der Waals surface area (Å²) in [6.45, 7) is 3.26. The predicted octanol–water partition coefficient (Wildman–Crippen LogP) is 0.987. The van der Waals surface area contributed by atoms with Gasteiger partial charge in [-0.3, -0.25) is 4.98 Å². The lowest BCUT2D eigenvalue weighted by Crippen LogP contribution is -2.18. The number of methoxy groups -OCH3 is 1. The number of nitrogens with two attached hydrogens (primary N) is 1. The molecule has 0 amide bonds. The van der Waals surface area contributed by atoms with Crippen LogP contribution in [-0.4, -0.2) is 24.7 Å². The van der Waals surface area contributed by atoms with Crippen LogP contribution in [0.25, 0.3) is 0 Å². The SMILES string of the molecule is COC(C)CNc1ccnc(CN)c1. The van der Waals surface area contributed by atoms with Gasteiger partial charge in [-0.15, -0.1) is 0 Å². The van der Waals surface area contributed by atoms with E-state index >= 15 is 0 Å². The van der Waals surface area contributed by atoms with E-state index < -0.39 is 0 Å². The van der Waals surface area contributed by atoms with Gasteiger partial charge in [0.1, 0.15) is 0 Å². The molecule has 4 heteroatoms. The molecule has 4 nitrogen and oxygen atoms in total. The van der Waals surface area contributed by atoms with E-state index in [1.807, 2.05) is 19.1 Å². The quantitative estimate of drug-likeness (QED) is 0.735. The van der Waals surface area contributed by atoms with Crippen LogP contribution in [0, 0.1) is 0 Å². The molecular formula is C10H17N3O. The molecular weight excluding hydrogens is 178 g/mol. The maximum absolute atomic E-state index is 5.49. The van der Waals surface area contributed by atoms with Crippen molar-refractivity contribution >= 4 is 5.69 Å². The molecule has 0 saturated carbocycles. The molecule has 0 bridgehead atoms. The largest absolute Gasteiger partial charge is 0.382 e. The van der Waals surface area contributed by atoms with Gasteiger partial charge in [0.25, 0.3) is 0 Å². The van der Waals surface area contributed by atoms with Crippen LogP contribution < -0.4 is 11.1 Å². The first-order valence-corrected chi connectivity index (χ1v) is 4.68. The minimum atomic E-state index is 0.199. The Labute approximate surface area is 84.5 Å². The minimum absolute atomic E-state index is 0.199. The van der Waals surface area contributed by atoms with Crippen molar-refractivity contribution in [2.24, 2.45) is 5.73 Å². The third-order valence-corrected chi connectivity index (χ3v) is 2.02. The third kappa shape index (κ3) is 3.32. The summed E-state index contributed by atoms with van der Waals surface area (Å²) in [5.74, 6) is 0. The minimum Gasteiger partial charge on any atom is -0.382 e. The lowest BCUT2D eigenvalue weighted by Gasteiger charge is -2.12. The summed E-state index contributed by atoms with van der Waals surface area (Å²) in [5.41, 5.74) is 7.41. The first-order valence-electron chi connectivity index (χ1n) is 4.68. The van der Waals surface area contributed by atoms with Crippen molar-refractivity contribution in [3.8, 4) is 0 Å². The molecule has 1 aromatic heterocycles. The van der Waals surface area contributed by atoms with Crippen LogP contribution >= 0.6 is 0 Å². The molecule has 1 unspecified atom stereocenters. The molecule has 1 heterocycles. The van der Waals surface area contributed by atoms with Crippen molar-refractivity contribution < 1.29 is 4.74 Å². The molecule has 1 atom stereocenters. The highest BCUT2D eigenvalue weighted by atomic mass is 16.5. The highest BCUT2D eigenvalue weighted by Gasteiger charge is 1.99. The van der Waals surface area contributed by atoms with Crippen molar-refractivity contribution in [1.29, 1.82) is 0 Å². The van der Waals surface area contributed by atoms with Gasteiger partial charge >= 0.3 is 0 Å². The normalized spacial score (nSPS) is 12.5. The Kier molecular flexibility index (Phi) is 4.35. The maximum atomic E-state index is 5.49. The summed E-state index contributed by atoms with van der Waals surface area (Å²) in [6, 6.07) is 3.86. The van der Waals surface area contributed by atoms with Gasteiger partial charge in [-0.05, 0) is 19.1 Å². The summed E-state index contributed by atoms with van der Waals surface area (Å²) in [7, 11) is 1.70. The smallest absolute Gasteiger partial charge is 0.0715 e. The van der Waals surface area contributed by atoms with Crippen LogP contribution in [0.15, 0.2) is 18.3 Å². The zero-order chi connectivity index (χ0) is 10.4. The monoisotopic (exact) mass is 195 g/mol. The fraction of sp³-hybridized carbons (Fsp3) is 0.500. The lowest BCUT2D eigenvalue weighted by molar-refractivity contribution is 0.129. The van der Waals surface area contributed by atoms with Gasteiger partial charge in [-0.25, -0.2) is 0 Å². The summed E-state index contributed by atoms with van der Waals surface area (Å²) in [4.78, 5) is 4.11. The Morgan fingerprint density at radius 2 is 2.43 bits per heavy atom. The molecule has 1 rings (SSSR count). The van der Waals surface area contributed by atoms with E-state index in [0.717, 1.165) is 17.9 Å². The number of ether oxygens (including phenoxy) is 1. The summed E-state index contributed by atoms with van der Waals surface area (Å²) in [6.07, 6.45) is 1.95. The molecule has 1 aromatic rings. The van der Waals surface area contributed by atoms with E-state index in [0.29, 0.717) is 6.54 Å². The second kappa shape index (κ2) is 5.57. The zero-order valence-electron chi connectivity index (χ0n) is 8.66. The molecule has 0 aliphatic heterocycles. The van der Waals surface area contributed by atoms with Crippen molar-refractivity contribution in [2.45, 2.75) is 19.6 Å². The average Bonchev–Trinajstić information content (AvgIpc) is 2.26. The fourth-order valence-electron chi connectivity index (χ4n) is 1.04. The van der Waals surface area contributed by atoms with E-state index in [4.69, 9.17) is 10.5 Å². The number of nitrogens with one attached hydrogen (secondary N) is 1. The van der Waals surface area contributed by atoms with Crippen LogP contribution in [0.5, 0.6) is 0 Å². The lowest BCUT2D eigenvalue weighted by atomic mass is 10.3. The van der Waals surface area contributed by atoms with Crippen LogP contribution in [-0.2, 0) is 11.3 Å². The number of hydrogen-bond donors (Lipinski definition) is 2. The Hall–Kier alpha value is -1.13. The number of nitrogens with zero attached hydrogens (tertiary/aromatic N) is 1. The predicted molar refractivity (Wildman–Crippen MR) is 57.1 cm³/mol. The highest BCUT2D eigenvalue weighted by Crippen LogP contribution is 2.07. The van der Waals surface area contributed by atoms with Gasteiger partial charge in [0.15, 0.2) is 0 Å². The van der Waals surface area contributed by atoms with Crippen LogP contribution in [0.2, 0.25) is 0 Å². The van der Waals surface area contributed by atoms with E-state index in [1.54, 1.807) is 13.3 Å². The maximum Gasteiger partial charge on any atom is 0.0715 e.